The van der Waals surface area contributed by atoms with Crippen LogP contribution in [0.25, 0.3) is 0 Å². The van der Waals surface area contributed by atoms with Crippen molar-refractivity contribution in [2.24, 2.45) is 0 Å². The first-order valence-electron chi connectivity index (χ1n) is 4.96. The Labute approximate surface area is 107 Å². The molecule has 2 aromatic heterocycles. The number of nitrogens with zero attached hydrogens (tertiary/aromatic N) is 3. The van der Waals surface area contributed by atoms with E-state index in [0.29, 0.717) is 5.22 Å². The van der Waals surface area contributed by atoms with Gasteiger partial charge in [-0.2, -0.15) is 5.10 Å². The van der Waals surface area contributed by atoms with Gasteiger partial charge in [0.2, 0.25) is 0 Å². The van der Waals surface area contributed by atoms with Crippen molar-refractivity contribution in [3.63, 3.8) is 0 Å². The molecule has 0 atom stereocenters. The molecular formula is C10H12BrN3OS. The zero-order valence-electron chi connectivity index (χ0n) is 9.11. The average Bonchev–Trinajstić information content (AvgIpc) is 2.87. The van der Waals surface area contributed by atoms with Gasteiger partial charge in [-0.15, -0.1) is 0 Å². The predicted octanol–water partition coefficient (Wildman–Crippen LogP) is 3.25. The molecule has 0 aliphatic carbocycles. The summed E-state index contributed by atoms with van der Waals surface area (Å²) in [6, 6.07) is 0. The fraction of sp³-hybridized carbons (Fsp3) is 0.400. The topological polar surface area (TPSA) is 43.9 Å². The van der Waals surface area contributed by atoms with E-state index in [9.17, 15) is 0 Å². The molecule has 0 bridgehead atoms. The average molecular weight is 302 g/mol. The highest BCUT2D eigenvalue weighted by atomic mass is 79.9. The summed E-state index contributed by atoms with van der Waals surface area (Å²) in [5.41, 5.74) is 2.19. The molecule has 0 amide bonds. The molecule has 2 rings (SSSR count). The van der Waals surface area contributed by atoms with Gasteiger partial charge in [-0.1, -0.05) is 11.8 Å². The van der Waals surface area contributed by atoms with Crippen LogP contribution in [0.15, 0.2) is 26.6 Å². The second kappa shape index (κ2) is 5.05. The van der Waals surface area contributed by atoms with Crippen LogP contribution in [0.5, 0.6) is 0 Å². The molecule has 2 heterocycles. The molecule has 16 heavy (non-hydrogen) atoms. The van der Waals surface area contributed by atoms with Gasteiger partial charge in [-0.3, -0.25) is 4.68 Å². The SMILES string of the molecule is CCn1nc(C)c(Br)c1CSc1ncco1. The number of aromatic nitrogens is 3. The van der Waals surface area contributed by atoms with Gasteiger partial charge in [0.15, 0.2) is 0 Å². The van der Waals surface area contributed by atoms with Crippen molar-refractivity contribution in [1.29, 1.82) is 0 Å². The van der Waals surface area contributed by atoms with Crippen LogP contribution in [0, 0.1) is 6.92 Å². The Bertz CT molecular complexity index is 467. The zero-order valence-corrected chi connectivity index (χ0v) is 11.5. The Morgan fingerprint density at radius 3 is 3.00 bits per heavy atom. The van der Waals surface area contributed by atoms with Crippen LogP contribution in [-0.4, -0.2) is 14.8 Å². The van der Waals surface area contributed by atoms with E-state index in [-0.39, 0.29) is 0 Å². The smallest absolute Gasteiger partial charge is 0.255 e. The summed E-state index contributed by atoms with van der Waals surface area (Å²) in [5, 5.41) is 5.12. The van der Waals surface area contributed by atoms with Gasteiger partial charge < -0.3 is 4.42 Å². The van der Waals surface area contributed by atoms with Crippen LogP contribution in [-0.2, 0) is 12.3 Å². The van der Waals surface area contributed by atoms with Crippen molar-refractivity contribution in [3.8, 4) is 0 Å². The lowest BCUT2D eigenvalue weighted by molar-refractivity contribution is 0.454. The molecule has 2 aromatic rings. The minimum absolute atomic E-state index is 0.688. The maximum atomic E-state index is 5.18. The van der Waals surface area contributed by atoms with Gasteiger partial charge >= 0.3 is 0 Å². The van der Waals surface area contributed by atoms with E-state index < -0.39 is 0 Å². The third kappa shape index (κ3) is 2.32. The molecule has 0 aromatic carbocycles. The third-order valence-electron chi connectivity index (χ3n) is 2.19. The van der Waals surface area contributed by atoms with Crippen LogP contribution < -0.4 is 0 Å². The van der Waals surface area contributed by atoms with Crippen molar-refractivity contribution in [2.75, 3.05) is 0 Å². The van der Waals surface area contributed by atoms with E-state index in [1.165, 1.54) is 5.69 Å². The Kier molecular flexibility index (Phi) is 3.70. The van der Waals surface area contributed by atoms with E-state index in [2.05, 4.69) is 32.9 Å². The van der Waals surface area contributed by atoms with Gasteiger partial charge in [0.1, 0.15) is 6.26 Å². The quantitative estimate of drug-likeness (QED) is 0.813. The summed E-state index contributed by atoms with van der Waals surface area (Å²) in [4.78, 5) is 4.07. The summed E-state index contributed by atoms with van der Waals surface area (Å²) >= 11 is 5.13. The van der Waals surface area contributed by atoms with Crippen LogP contribution >= 0.6 is 27.7 Å². The van der Waals surface area contributed by atoms with Crippen LogP contribution in [0.3, 0.4) is 0 Å². The second-order valence-corrected chi connectivity index (χ2v) is 4.97. The summed E-state index contributed by atoms with van der Waals surface area (Å²) in [7, 11) is 0. The highest BCUT2D eigenvalue weighted by Gasteiger charge is 2.13. The zero-order chi connectivity index (χ0) is 11.5. The lowest BCUT2D eigenvalue weighted by Gasteiger charge is -2.03. The number of oxazole rings is 1. The number of halogens is 1. The van der Waals surface area contributed by atoms with Crippen molar-refractivity contribution >= 4 is 27.7 Å². The lowest BCUT2D eigenvalue weighted by atomic mass is 10.4. The minimum atomic E-state index is 0.688. The Balaban J connectivity index is 2.14. The molecule has 86 valence electrons. The van der Waals surface area contributed by atoms with Gasteiger partial charge in [0.25, 0.3) is 5.22 Å². The predicted molar refractivity (Wildman–Crippen MR) is 66.4 cm³/mol. The van der Waals surface area contributed by atoms with E-state index >= 15 is 0 Å². The lowest BCUT2D eigenvalue weighted by Crippen LogP contribution is -2.01. The number of rotatable bonds is 4. The van der Waals surface area contributed by atoms with Crippen molar-refractivity contribution in [3.05, 3.63) is 28.3 Å². The summed E-state index contributed by atoms with van der Waals surface area (Å²) < 4.78 is 8.25. The molecule has 0 saturated heterocycles. The van der Waals surface area contributed by atoms with Gasteiger partial charge in [0, 0.05) is 12.3 Å². The van der Waals surface area contributed by atoms with E-state index in [1.54, 1.807) is 24.2 Å². The third-order valence-corrected chi connectivity index (χ3v) is 4.09. The fourth-order valence-corrected chi connectivity index (χ4v) is 2.84. The highest BCUT2D eigenvalue weighted by Crippen LogP contribution is 2.28. The van der Waals surface area contributed by atoms with Crippen LogP contribution in [0.2, 0.25) is 0 Å². The monoisotopic (exact) mass is 301 g/mol. The van der Waals surface area contributed by atoms with Crippen LogP contribution in [0.4, 0.5) is 0 Å². The first kappa shape index (κ1) is 11.7. The van der Waals surface area contributed by atoms with Crippen molar-refractivity contribution in [2.45, 2.75) is 31.4 Å². The molecule has 4 nitrogen and oxygen atoms in total. The maximum Gasteiger partial charge on any atom is 0.255 e. The summed E-state index contributed by atoms with van der Waals surface area (Å²) in [6.45, 7) is 4.95. The maximum absolute atomic E-state index is 5.18. The first-order chi connectivity index (χ1) is 7.72. The minimum Gasteiger partial charge on any atom is -0.440 e. The number of aryl methyl sites for hydroxylation is 2. The first-order valence-corrected chi connectivity index (χ1v) is 6.74. The molecule has 0 aliphatic rings. The number of thioether (sulfide) groups is 1. The van der Waals surface area contributed by atoms with Gasteiger partial charge in [-0.05, 0) is 29.8 Å². The molecule has 0 spiro atoms. The normalized spacial score (nSPS) is 10.9. The van der Waals surface area contributed by atoms with Crippen molar-refractivity contribution < 1.29 is 4.42 Å². The Hall–Kier alpha value is -0.750. The van der Waals surface area contributed by atoms with Gasteiger partial charge in [0.05, 0.1) is 22.1 Å². The fourth-order valence-electron chi connectivity index (χ4n) is 1.42. The van der Waals surface area contributed by atoms with E-state index in [0.717, 1.165) is 22.5 Å². The van der Waals surface area contributed by atoms with Crippen LogP contribution in [0.1, 0.15) is 18.3 Å². The van der Waals surface area contributed by atoms with Gasteiger partial charge in [-0.25, -0.2) is 4.98 Å². The molecule has 0 N–H and O–H groups in total. The molecular weight excluding hydrogens is 290 g/mol. The number of hydrogen-bond acceptors (Lipinski definition) is 4. The standard InChI is InChI=1S/C10H12BrN3OS/c1-3-14-8(9(11)7(2)13-14)6-16-10-12-4-5-15-10/h4-5H,3,6H2,1-2H3. The molecule has 6 heteroatoms. The van der Waals surface area contributed by atoms with E-state index in [1.807, 2.05) is 11.6 Å². The summed E-state index contributed by atoms with van der Waals surface area (Å²) in [6.07, 6.45) is 3.24. The summed E-state index contributed by atoms with van der Waals surface area (Å²) in [5.74, 6) is 0.801. The Morgan fingerprint density at radius 2 is 2.38 bits per heavy atom. The second-order valence-electron chi connectivity index (χ2n) is 3.25. The molecule has 0 saturated carbocycles. The van der Waals surface area contributed by atoms with E-state index in [4.69, 9.17) is 4.42 Å². The molecule has 0 unspecified atom stereocenters. The largest absolute Gasteiger partial charge is 0.440 e. The Morgan fingerprint density at radius 1 is 1.56 bits per heavy atom. The number of hydrogen-bond donors (Lipinski definition) is 0. The van der Waals surface area contributed by atoms with Crippen molar-refractivity contribution in [1.82, 2.24) is 14.8 Å². The molecule has 0 radical (unpaired) electrons. The highest BCUT2D eigenvalue weighted by molar-refractivity contribution is 9.10. The molecule has 0 fully saturated rings. The molecule has 0 aliphatic heterocycles.